The summed E-state index contributed by atoms with van der Waals surface area (Å²) < 4.78 is 7.18. The van der Waals surface area contributed by atoms with E-state index < -0.39 is 5.60 Å². The Bertz CT molecular complexity index is 664. The van der Waals surface area contributed by atoms with Crippen LogP contribution in [-0.2, 0) is 0 Å². The smallest absolute Gasteiger partial charge is 0.156 e. The fourth-order valence-corrected chi connectivity index (χ4v) is 3.29. The van der Waals surface area contributed by atoms with Crippen molar-refractivity contribution in [2.45, 2.75) is 25.9 Å². The Morgan fingerprint density at radius 1 is 1.27 bits per heavy atom. The third-order valence-electron chi connectivity index (χ3n) is 4.04. The molecule has 1 atom stereocenters. The van der Waals surface area contributed by atoms with Gasteiger partial charge in [-0.1, -0.05) is 44.2 Å². The van der Waals surface area contributed by atoms with Crippen molar-refractivity contribution in [2.24, 2.45) is 5.41 Å². The summed E-state index contributed by atoms with van der Waals surface area (Å²) in [6.07, 6.45) is 8.36. The van der Waals surface area contributed by atoms with Gasteiger partial charge in [0.2, 0.25) is 0 Å². The molecule has 1 aromatic rings. The van der Waals surface area contributed by atoms with E-state index in [0.717, 1.165) is 14.7 Å². The molecule has 0 fully saturated rings. The second-order valence-corrected chi connectivity index (χ2v) is 8.43. The van der Waals surface area contributed by atoms with Gasteiger partial charge in [-0.25, -0.2) is 0 Å². The Kier molecular flexibility index (Phi) is 5.31. The van der Waals surface area contributed by atoms with Crippen LogP contribution in [0, 0.1) is 16.7 Å². The molecular formula is C18H17Br2NO. The molecule has 0 aliphatic heterocycles. The number of rotatable bonds is 4. The van der Waals surface area contributed by atoms with Crippen molar-refractivity contribution in [3.8, 4) is 11.8 Å². The second kappa shape index (κ2) is 6.85. The molecule has 0 saturated heterocycles. The number of allylic oxidation sites excluding steroid dienone is 2. The lowest BCUT2D eigenvalue weighted by Crippen LogP contribution is -2.49. The first-order chi connectivity index (χ1) is 10.4. The van der Waals surface area contributed by atoms with Crippen molar-refractivity contribution in [1.82, 2.24) is 0 Å². The molecule has 0 spiro atoms. The Morgan fingerprint density at radius 2 is 1.95 bits per heavy atom. The lowest BCUT2D eigenvalue weighted by molar-refractivity contribution is 0.0638. The average molecular weight is 423 g/mol. The monoisotopic (exact) mass is 421 g/mol. The predicted octanol–water partition coefficient (Wildman–Crippen LogP) is 5.87. The molecule has 0 bridgehead atoms. The average Bonchev–Trinajstić information content (AvgIpc) is 2.45. The van der Waals surface area contributed by atoms with Crippen molar-refractivity contribution >= 4 is 31.9 Å². The zero-order chi connectivity index (χ0) is 16.2. The Hall–Kier alpha value is -1.31. The first-order valence-corrected chi connectivity index (χ1v) is 8.53. The molecule has 1 aliphatic carbocycles. The first kappa shape index (κ1) is 17.1. The van der Waals surface area contributed by atoms with E-state index in [0.29, 0.717) is 6.42 Å². The molecule has 0 saturated carbocycles. The summed E-state index contributed by atoms with van der Waals surface area (Å²) in [7, 11) is 0. The van der Waals surface area contributed by atoms with Crippen LogP contribution in [0.5, 0.6) is 5.75 Å². The summed E-state index contributed by atoms with van der Waals surface area (Å²) in [5, 5.41) is 9.10. The normalized spacial score (nSPS) is 22.4. The van der Waals surface area contributed by atoms with Gasteiger partial charge in [0, 0.05) is 5.41 Å². The van der Waals surface area contributed by atoms with Crippen LogP contribution in [0.25, 0.3) is 0 Å². The lowest BCUT2D eigenvalue weighted by Gasteiger charge is -2.45. The number of benzene rings is 1. The molecule has 2 nitrogen and oxygen atoms in total. The van der Waals surface area contributed by atoms with Crippen LogP contribution in [0.1, 0.15) is 20.3 Å². The third kappa shape index (κ3) is 3.37. The minimum absolute atomic E-state index is 0.361. The molecule has 2 rings (SSSR count). The maximum absolute atomic E-state index is 9.10. The molecular weight excluding hydrogens is 406 g/mol. The molecule has 0 N–H and O–H groups in total. The second-order valence-electron chi connectivity index (χ2n) is 5.65. The molecule has 22 heavy (non-hydrogen) atoms. The van der Waals surface area contributed by atoms with Gasteiger partial charge in [-0.15, -0.1) is 0 Å². The zero-order valence-corrected chi connectivity index (χ0v) is 15.7. The van der Waals surface area contributed by atoms with Crippen molar-refractivity contribution < 1.29 is 4.74 Å². The van der Waals surface area contributed by atoms with Crippen molar-refractivity contribution in [3.63, 3.8) is 0 Å². The lowest BCUT2D eigenvalue weighted by atomic mass is 9.66. The van der Waals surface area contributed by atoms with Crippen LogP contribution in [0.15, 0.2) is 63.6 Å². The Morgan fingerprint density at radius 3 is 2.55 bits per heavy atom. The van der Waals surface area contributed by atoms with E-state index in [2.05, 4.69) is 51.8 Å². The van der Waals surface area contributed by atoms with Gasteiger partial charge in [-0.2, -0.15) is 5.26 Å². The summed E-state index contributed by atoms with van der Waals surface area (Å²) in [5.74, 6) is 0.788. The van der Waals surface area contributed by atoms with Crippen LogP contribution in [0.2, 0.25) is 0 Å². The molecule has 0 amide bonds. The Balaban J connectivity index is 2.51. The van der Waals surface area contributed by atoms with E-state index in [9.17, 15) is 0 Å². The van der Waals surface area contributed by atoms with E-state index in [4.69, 9.17) is 10.00 Å². The summed E-state index contributed by atoms with van der Waals surface area (Å²) in [4.78, 5) is 0. The number of halogens is 2. The summed E-state index contributed by atoms with van der Waals surface area (Å²) in [5.41, 5.74) is 0.00324. The van der Waals surface area contributed by atoms with Gasteiger partial charge in [0.15, 0.2) is 5.60 Å². The molecule has 4 heteroatoms. The molecule has 1 aliphatic rings. The van der Waals surface area contributed by atoms with Crippen molar-refractivity contribution in [2.75, 3.05) is 0 Å². The fourth-order valence-electron chi connectivity index (χ4n) is 2.61. The van der Waals surface area contributed by atoms with E-state index in [1.54, 1.807) is 0 Å². The molecule has 1 unspecified atom stereocenters. The molecule has 114 valence electrons. The van der Waals surface area contributed by atoms with E-state index in [-0.39, 0.29) is 5.41 Å². The maximum Gasteiger partial charge on any atom is 0.156 e. The largest absolute Gasteiger partial charge is 0.478 e. The predicted molar refractivity (Wildman–Crippen MR) is 97.0 cm³/mol. The van der Waals surface area contributed by atoms with Crippen molar-refractivity contribution in [1.29, 1.82) is 5.26 Å². The zero-order valence-electron chi connectivity index (χ0n) is 12.5. The first-order valence-electron chi connectivity index (χ1n) is 6.95. The number of para-hydroxylation sites is 1. The fraction of sp³-hybridized carbons (Fsp3) is 0.278. The highest BCUT2D eigenvalue weighted by atomic mass is 79.9. The summed E-state index contributed by atoms with van der Waals surface area (Å²) >= 11 is 6.90. The quantitative estimate of drug-likeness (QED) is 0.607. The molecule has 1 aromatic carbocycles. The van der Waals surface area contributed by atoms with Crippen LogP contribution >= 0.6 is 31.9 Å². The van der Waals surface area contributed by atoms with E-state index in [1.807, 2.05) is 54.6 Å². The van der Waals surface area contributed by atoms with Gasteiger partial charge >= 0.3 is 0 Å². The summed E-state index contributed by atoms with van der Waals surface area (Å²) in [6.45, 7) is 4.20. The molecule has 0 heterocycles. The molecule has 0 radical (unpaired) electrons. The topological polar surface area (TPSA) is 33.0 Å². The van der Waals surface area contributed by atoms with Gasteiger partial charge in [0.25, 0.3) is 0 Å². The standard InChI is InChI=1S/C18H17Br2NO/c1-17(2)14(10-12-21)7-6-11-18(17,13-16(19)20)22-15-8-4-3-5-9-15/h3-9,11,13H,10H2,1-2H3. The minimum atomic E-state index is -0.683. The van der Waals surface area contributed by atoms with Gasteiger partial charge < -0.3 is 4.74 Å². The number of nitriles is 1. The van der Waals surface area contributed by atoms with Gasteiger partial charge in [0.1, 0.15) is 5.75 Å². The molecule has 0 aromatic heterocycles. The highest BCUT2D eigenvalue weighted by Crippen LogP contribution is 2.47. The van der Waals surface area contributed by atoms with E-state index >= 15 is 0 Å². The Labute approximate surface area is 148 Å². The van der Waals surface area contributed by atoms with Gasteiger partial charge in [-0.3, -0.25) is 0 Å². The number of ether oxygens (including phenoxy) is 1. The number of hydrogen-bond acceptors (Lipinski definition) is 2. The highest BCUT2D eigenvalue weighted by Gasteiger charge is 2.47. The van der Waals surface area contributed by atoms with Gasteiger partial charge in [0.05, 0.1) is 15.9 Å². The van der Waals surface area contributed by atoms with Crippen LogP contribution in [0.4, 0.5) is 0 Å². The highest BCUT2D eigenvalue weighted by molar-refractivity contribution is 9.28. The van der Waals surface area contributed by atoms with E-state index in [1.165, 1.54) is 0 Å². The summed E-state index contributed by atoms with van der Waals surface area (Å²) in [6, 6.07) is 12.0. The van der Waals surface area contributed by atoms with Crippen LogP contribution in [0.3, 0.4) is 0 Å². The van der Waals surface area contributed by atoms with Crippen molar-refractivity contribution in [3.05, 3.63) is 63.6 Å². The maximum atomic E-state index is 9.10. The number of hydrogen-bond donors (Lipinski definition) is 0. The third-order valence-corrected chi connectivity index (χ3v) is 4.50. The SMILES string of the molecule is CC1(C)C(CC#N)=CC=CC1(C=C(Br)Br)Oc1ccccc1. The number of nitrogens with zero attached hydrogens (tertiary/aromatic N) is 1. The van der Waals surface area contributed by atoms with Crippen LogP contribution < -0.4 is 4.74 Å². The van der Waals surface area contributed by atoms with Gasteiger partial charge in [-0.05, 0) is 61.7 Å². The minimum Gasteiger partial charge on any atom is -0.478 e. The van der Waals surface area contributed by atoms with Crippen LogP contribution in [-0.4, -0.2) is 5.60 Å².